The van der Waals surface area contributed by atoms with Gasteiger partial charge in [-0.3, -0.25) is 0 Å². The molecule has 0 aromatic heterocycles. The van der Waals surface area contributed by atoms with Gasteiger partial charge in [0.25, 0.3) is 0 Å². The van der Waals surface area contributed by atoms with E-state index in [-0.39, 0.29) is 12.6 Å². The maximum Gasteiger partial charge on any atom is 0.0585 e. The van der Waals surface area contributed by atoms with Crippen molar-refractivity contribution >= 4 is 0 Å². The molecule has 2 aromatic carbocycles. The topological polar surface area (TPSA) is 46.2 Å². The second-order valence-electron chi connectivity index (χ2n) is 5.22. The zero-order chi connectivity index (χ0) is 13.8. The monoisotopic (exact) mass is 255 g/mol. The fourth-order valence-electron chi connectivity index (χ4n) is 2.39. The first-order valence-corrected chi connectivity index (χ1v) is 6.62. The van der Waals surface area contributed by atoms with E-state index in [4.69, 9.17) is 10.8 Å². The minimum Gasteiger partial charge on any atom is -0.395 e. The normalized spacial score (nSPS) is 12.4. The van der Waals surface area contributed by atoms with Gasteiger partial charge in [-0.1, -0.05) is 53.6 Å². The molecule has 3 N–H and O–H groups in total. The summed E-state index contributed by atoms with van der Waals surface area (Å²) in [4.78, 5) is 0. The predicted molar refractivity (Wildman–Crippen MR) is 80.1 cm³/mol. The second-order valence-corrected chi connectivity index (χ2v) is 5.22. The number of aliphatic hydroxyl groups excluding tert-OH is 1. The van der Waals surface area contributed by atoms with E-state index in [0.717, 1.165) is 0 Å². The highest BCUT2D eigenvalue weighted by molar-refractivity contribution is 5.65. The SMILES string of the molecule is Cc1cc(C)cc(-c2cccc(CC(N)CO)c2)c1. The Morgan fingerprint density at radius 2 is 1.68 bits per heavy atom. The van der Waals surface area contributed by atoms with Crippen LogP contribution in [-0.2, 0) is 6.42 Å². The largest absolute Gasteiger partial charge is 0.395 e. The highest BCUT2D eigenvalue weighted by Crippen LogP contribution is 2.23. The molecule has 0 amide bonds. The number of benzene rings is 2. The van der Waals surface area contributed by atoms with Crippen molar-refractivity contribution in [3.63, 3.8) is 0 Å². The lowest BCUT2D eigenvalue weighted by Crippen LogP contribution is -2.26. The number of nitrogens with two attached hydrogens (primary N) is 1. The summed E-state index contributed by atoms with van der Waals surface area (Å²) in [6, 6.07) is 14.8. The number of aliphatic hydroxyl groups is 1. The Morgan fingerprint density at radius 3 is 2.32 bits per heavy atom. The molecule has 19 heavy (non-hydrogen) atoms. The van der Waals surface area contributed by atoms with Crippen LogP contribution in [0.5, 0.6) is 0 Å². The first-order chi connectivity index (χ1) is 9.08. The van der Waals surface area contributed by atoms with Gasteiger partial charge in [0.1, 0.15) is 0 Å². The molecule has 0 aliphatic carbocycles. The van der Waals surface area contributed by atoms with Crippen LogP contribution in [-0.4, -0.2) is 17.8 Å². The fourth-order valence-corrected chi connectivity index (χ4v) is 2.39. The molecule has 0 aliphatic rings. The summed E-state index contributed by atoms with van der Waals surface area (Å²) in [5.74, 6) is 0. The van der Waals surface area contributed by atoms with Gasteiger partial charge in [0.2, 0.25) is 0 Å². The number of hydrogen-bond donors (Lipinski definition) is 2. The van der Waals surface area contributed by atoms with Gasteiger partial charge in [-0.05, 0) is 37.0 Å². The summed E-state index contributed by atoms with van der Waals surface area (Å²) in [6.07, 6.45) is 0.704. The Kier molecular flexibility index (Phi) is 4.35. The lowest BCUT2D eigenvalue weighted by atomic mass is 9.97. The van der Waals surface area contributed by atoms with E-state index in [0.29, 0.717) is 6.42 Å². The molecule has 0 fully saturated rings. The van der Waals surface area contributed by atoms with Crippen LogP contribution >= 0.6 is 0 Å². The van der Waals surface area contributed by atoms with Gasteiger partial charge in [0, 0.05) is 6.04 Å². The van der Waals surface area contributed by atoms with Crippen LogP contribution in [0.2, 0.25) is 0 Å². The minimum atomic E-state index is -0.186. The molecule has 0 heterocycles. The van der Waals surface area contributed by atoms with E-state index in [2.05, 4.69) is 50.2 Å². The molecule has 0 spiro atoms. The smallest absolute Gasteiger partial charge is 0.0585 e. The molecule has 100 valence electrons. The quantitative estimate of drug-likeness (QED) is 0.882. The number of aryl methyl sites for hydroxylation is 2. The average Bonchev–Trinajstić information content (AvgIpc) is 2.38. The first-order valence-electron chi connectivity index (χ1n) is 6.62. The van der Waals surface area contributed by atoms with Gasteiger partial charge in [0.05, 0.1) is 6.61 Å². The molecule has 0 saturated heterocycles. The van der Waals surface area contributed by atoms with E-state index < -0.39 is 0 Å². The van der Waals surface area contributed by atoms with Gasteiger partial charge >= 0.3 is 0 Å². The lowest BCUT2D eigenvalue weighted by molar-refractivity contribution is 0.265. The maximum absolute atomic E-state index is 9.03. The molecule has 2 rings (SSSR count). The summed E-state index contributed by atoms with van der Waals surface area (Å²) < 4.78 is 0. The molecule has 2 heteroatoms. The van der Waals surface area contributed by atoms with Crippen molar-refractivity contribution in [3.05, 3.63) is 59.2 Å². The summed E-state index contributed by atoms with van der Waals surface area (Å²) in [5, 5.41) is 9.03. The standard InChI is InChI=1S/C17H21NO/c1-12-6-13(2)8-16(7-12)15-5-3-4-14(9-15)10-17(18)11-19/h3-9,17,19H,10-11,18H2,1-2H3. The molecule has 1 unspecified atom stereocenters. The highest BCUT2D eigenvalue weighted by Gasteiger charge is 2.05. The van der Waals surface area contributed by atoms with Crippen LogP contribution in [0, 0.1) is 13.8 Å². The summed E-state index contributed by atoms with van der Waals surface area (Å²) in [6.45, 7) is 4.25. The second kappa shape index (κ2) is 6.00. The van der Waals surface area contributed by atoms with E-state index in [1.54, 1.807) is 0 Å². The van der Waals surface area contributed by atoms with Crippen LogP contribution in [0.1, 0.15) is 16.7 Å². The summed E-state index contributed by atoms with van der Waals surface area (Å²) in [7, 11) is 0. The van der Waals surface area contributed by atoms with Crippen LogP contribution in [0.4, 0.5) is 0 Å². The number of hydrogen-bond acceptors (Lipinski definition) is 2. The molecule has 0 aliphatic heterocycles. The third kappa shape index (κ3) is 3.66. The third-order valence-corrected chi connectivity index (χ3v) is 3.21. The van der Waals surface area contributed by atoms with Crippen molar-refractivity contribution in [1.29, 1.82) is 0 Å². The van der Waals surface area contributed by atoms with Crippen molar-refractivity contribution < 1.29 is 5.11 Å². The summed E-state index contributed by atoms with van der Waals surface area (Å²) >= 11 is 0. The van der Waals surface area contributed by atoms with E-state index >= 15 is 0 Å². The highest BCUT2D eigenvalue weighted by atomic mass is 16.3. The number of rotatable bonds is 4. The Labute approximate surface area is 114 Å². The van der Waals surface area contributed by atoms with Crippen molar-refractivity contribution in [1.82, 2.24) is 0 Å². The van der Waals surface area contributed by atoms with Crippen molar-refractivity contribution in [3.8, 4) is 11.1 Å². The molecule has 2 aromatic rings. The zero-order valence-electron chi connectivity index (χ0n) is 11.6. The van der Waals surface area contributed by atoms with Crippen LogP contribution in [0.25, 0.3) is 11.1 Å². The first kappa shape index (κ1) is 13.8. The Morgan fingerprint density at radius 1 is 1.00 bits per heavy atom. The molecular formula is C17H21NO. The molecule has 1 atom stereocenters. The van der Waals surface area contributed by atoms with Crippen LogP contribution in [0.3, 0.4) is 0 Å². The van der Waals surface area contributed by atoms with Crippen molar-refractivity contribution in [2.45, 2.75) is 26.3 Å². The van der Waals surface area contributed by atoms with Gasteiger partial charge < -0.3 is 10.8 Å². The Bertz CT molecular complexity index is 543. The van der Waals surface area contributed by atoms with Crippen LogP contribution < -0.4 is 5.73 Å². The fraction of sp³-hybridized carbons (Fsp3) is 0.294. The molecular weight excluding hydrogens is 234 g/mol. The average molecular weight is 255 g/mol. The molecule has 0 bridgehead atoms. The van der Waals surface area contributed by atoms with Crippen LogP contribution in [0.15, 0.2) is 42.5 Å². The third-order valence-electron chi connectivity index (χ3n) is 3.21. The lowest BCUT2D eigenvalue weighted by Gasteiger charge is -2.10. The Balaban J connectivity index is 2.32. The molecule has 0 radical (unpaired) electrons. The summed E-state index contributed by atoms with van der Waals surface area (Å²) in [5.41, 5.74) is 11.9. The van der Waals surface area contributed by atoms with E-state index in [1.807, 2.05) is 6.07 Å². The van der Waals surface area contributed by atoms with E-state index in [9.17, 15) is 0 Å². The van der Waals surface area contributed by atoms with Crippen molar-refractivity contribution in [2.75, 3.05) is 6.61 Å². The van der Waals surface area contributed by atoms with Gasteiger partial charge in [-0.15, -0.1) is 0 Å². The Hall–Kier alpha value is -1.64. The maximum atomic E-state index is 9.03. The molecule has 2 nitrogen and oxygen atoms in total. The predicted octanol–water partition coefficient (Wildman–Crippen LogP) is 2.83. The van der Waals surface area contributed by atoms with Gasteiger partial charge in [0.15, 0.2) is 0 Å². The van der Waals surface area contributed by atoms with Crippen molar-refractivity contribution in [2.24, 2.45) is 5.73 Å². The van der Waals surface area contributed by atoms with Gasteiger partial charge in [-0.25, -0.2) is 0 Å². The van der Waals surface area contributed by atoms with Gasteiger partial charge in [-0.2, -0.15) is 0 Å². The zero-order valence-corrected chi connectivity index (χ0v) is 11.6. The molecule has 0 saturated carbocycles. The van der Waals surface area contributed by atoms with E-state index in [1.165, 1.54) is 27.8 Å². The minimum absolute atomic E-state index is 0.0216.